The highest BCUT2D eigenvalue weighted by Gasteiger charge is 2.17. The van der Waals surface area contributed by atoms with E-state index in [-0.39, 0.29) is 17.9 Å². The standard InChI is InChI=1S/C16H11Cl2N3O3/c17-11-4-5-12(18)10(6-11)8-19-16(22)13-7-9-2-1-3-14(21(23)24)15(9)20-13/h1-7,20H,8H2,(H,19,22). The lowest BCUT2D eigenvalue weighted by Crippen LogP contribution is -2.23. The van der Waals surface area contributed by atoms with Gasteiger partial charge < -0.3 is 10.3 Å². The Balaban J connectivity index is 1.83. The fraction of sp³-hybridized carbons (Fsp3) is 0.0625. The van der Waals surface area contributed by atoms with Gasteiger partial charge in [-0.25, -0.2) is 0 Å². The number of hydrogen-bond acceptors (Lipinski definition) is 3. The average Bonchev–Trinajstić information content (AvgIpc) is 2.99. The van der Waals surface area contributed by atoms with Gasteiger partial charge in [0, 0.05) is 28.0 Å². The summed E-state index contributed by atoms with van der Waals surface area (Å²) in [4.78, 5) is 25.6. The van der Waals surface area contributed by atoms with Gasteiger partial charge in [0.1, 0.15) is 11.2 Å². The number of aromatic nitrogens is 1. The molecule has 6 nitrogen and oxygen atoms in total. The van der Waals surface area contributed by atoms with Gasteiger partial charge in [0.25, 0.3) is 11.6 Å². The lowest BCUT2D eigenvalue weighted by atomic mass is 10.2. The number of non-ortho nitro benzene ring substituents is 1. The van der Waals surface area contributed by atoms with Crippen molar-refractivity contribution in [2.75, 3.05) is 0 Å². The number of carbonyl (C=O) groups is 1. The molecule has 0 radical (unpaired) electrons. The number of rotatable bonds is 4. The number of para-hydroxylation sites is 1. The van der Waals surface area contributed by atoms with Crippen LogP contribution in [0.4, 0.5) is 5.69 Å². The molecule has 1 amide bonds. The van der Waals surface area contributed by atoms with Gasteiger partial charge >= 0.3 is 0 Å². The predicted octanol–water partition coefficient (Wildman–Crippen LogP) is 4.31. The number of nitro benzene ring substituents is 1. The Hall–Kier alpha value is -2.57. The first-order chi connectivity index (χ1) is 11.5. The molecule has 0 saturated heterocycles. The SMILES string of the molecule is O=C(NCc1cc(Cl)ccc1Cl)c1cc2cccc([N+](=O)[O-])c2[nH]1. The number of hydrogen-bond donors (Lipinski definition) is 2. The summed E-state index contributed by atoms with van der Waals surface area (Å²) in [6.45, 7) is 0.190. The molecule has 1 aromatic heterocycles. The minimum Gasteiger partial charge on any atom is -0.347 e. The summed E-state index contributed by atoms with van der Waals surface area (Å²) in [5, 5.41) is 15.3. The van der Waals surface area contributed by atoms with Crippen LogP contribution in [0.2, 0.25) is 10.0 Å². The third kappa shape index (κ3) is 3.20. The summed E-state index contributed by atoms with van der Waals surface area (Å²) in [6.07, 6.45) is 0. The van der Waals surface area contributed by atoms with Crippen molar-refractivity contribution in [1.29, 1.82) is 0 Å². The smallest absolute Gasteiger partial charge is 0.293 e. The summed E-state index contributed by atoms with van der Waals surface area (Å²) in [6, 6.07) is 11.2. The Labute approximate surface area is 146 Å². The number of nitro groups is 1. The van der Waals surface area contributed by atoms with E-state index < -0.39 is 10.8 Å². The first kappa shape index (κ1) is 16.3. The van der Waals surface area contributed by atoms with E-state index in [0.717, 1.165) is 0 Å². The second-order valence-electron chi connectivity index (χ2n) is 5.10. The maximum Gasteiger partial charge on any atom is 0.293 e. The molecule has 2 N–H and O–H groups in total. The van der Waals surface area contributed by atoms with E-state index in [1.54, 1.807) is 36.4 Å². The van der Waals surface area contributed by atoms with Crippen LogP contribution < -0.4 is 5.32 Å². The molecule has 8 heteroatoms. The van der Waals surface area contributed by atoms with Gasteiger partial charge in [-0.15, -0.1) is 0 Å². The second kappa shape index (κ2) is 6.51. The maximum absolute atomic E-state index is 12.3. The molecule has 24 heavy (non-hydrogen) atoms. The van der Waals surface area contributed by atoms with Crippen LogP contribution in [0.1, 0.15) is 16.1 Å². The number of carbonyl (C=O) groups excluding carboxylic acids is 1. The average molecular weight is 364 g/mol. The first-order valence-electron chi connectivity index (χ1n) is 6.94. The number of halogens is 2. The number of nitrogens with one attached hydrogen (secondary N) is 2. The Bertz CT molecular complexity index is 953. The largest absolute Gasteiger partial charge is 0.347 e. The number of nitrogens with zero attached hydrogens (tertiary/aromatic N) is 1. The fourth-order valence-corrected chi connectivity index (χ4v) is 2.74. The van der Waals surface area contributed by atoms with Crippen molar-refractivity contribution in [2.24, 2.45) is 0 Å². The van der Waals surface area contributed by atoms with Gasteiger partial charge in [-0.2, -0.15) is 0 Å². The van der Waals surface area contributed by atoms with Gasteiger partial charge in [0.15, 0.2) is 0 Å². The van der Waals surface area contributed by atoms with Gasteiger partial charge in [-0.05, 0) is 29.8 Å². The summed E-state index contributed by atoms with van der Waals surface area (Å²) >= 11 is 12.0. The van der Waals surface area contributed by atoms with E-state index in [1.807, 2.05) is 0 Å². The van der Waals surface area contributed by atoms with Crippen molar-refractivity contribution in [1.82, 2.24) is 10.3 Å². The lowest BCUT2D eigenvalue weighted by molar-refractivity contribution is -0.383. The maximum atomic E-state index is 12.3. The zero-order valence-corrected chi connectivity index (χ0v) is 13.7. The van der Waals surface area contributed by atoms with Crippen LogP contribution in [0.15, 0.2) is 42.5 Å². The number of fused-ring (bicyclic) bond motifs is 1. The highest BCUT2D eigenvalue weighted by atomic mass is 35.5. The van der Waals surface area contributed by atoms with E-state index in [2.05, 4.69) is 10.3 Å². The zero-order chi connectivity index (χ0) is 17.3. The molecule has 2 aromatic carbocycles. The molecule has 0 fully saturated rings. The summed E-state index contributed by atoms with van der Waals surface area (Å²) in [5.74, 6) is -0.392. The molecule has 0 aliphatic rings. The highest BCUT2D eigenvalue weighted by molar-refractivity contribution is 6.33. The number of amides is 1. The third-order valence-corrected chi connectivity index (χ3v) is 4.13. The van der Waals surface area contributed by atoms with E-state index >= 15 is 0 Å². The summed E-state index contributed by atoms with van der Waals surface area (Å²) in [7, 11) is 0. The number of benzene rings is 2. The molecule has 0 bridgehead atoms. The lowest BCUT2D eigenvalue weighted by Gasteiger charge is -2.06. The zero-order valence-electron chi connectivity index (χ0n) is 12.2. The van der Waals surface area contributed by atoms with Crippen molar-refractivity contribution < 1.29 is 9.72 Å². The third-order valence-electron chi connectivity index (χ3n) is 3.52. The molecule has 3 rings (SSSR count). The minimum atomic E-state index is -0.494. The highest BCUT2D eigenvalue weighted by Crippen LogP contribution is 2.25. The Morgan fingerprint density at radius 3 is 2.75 bits per heavy atom. The van der Waals surface area contributed by atoms with Crippen molar-refractivity contribution >= 4 is 45.7 Å². The van der Waals surface area contributed by atoms with Crippen LogP contribution >= 0.6 is 23.2 Å². The van der Waals surface area contributed by atoms with Crippen LogP contribution in [0.25, 0.3) is 10.9 Å². The topological polar surface area (TPSA) is 88.0 Å². The van der Waals surface area contributed by atoms with Crippen molar-refractivity contribution in [3.63, 3.8) is 0 Å². The molecule has 0 atom stereocenters. The van der Waals surface area contributed by atoms with E-state index in [9.17, 15) is 14.9 Å². The molecule has 0 spiro atoms. The quantitative estimate of drug-likeness (QED) is 0.534. The van der Waals surface area contributed by atoms with Gasteiger partial charge in [0.05, 0.1) is 4.92 Å². The van der Waals surface area contributed by atoms with Gasteiger partial charge in [-0.3, -0.25) is 14.9 Å². The van der Waals surface area contributed by atoms with Crippen LogP contribution in [-0.4, -0.2) is 15.8 Å². The minimum absolute atomic E-state index is 0.0792. The molecule has 1 heterocycles. The van der Waals surface area contributed by atoms with Gasteiger partial charge in [-0.1, -0.05) is 35.3 Å². The van der Waals surface area contributed by atoms with E-state index in [4.69, 9.17) is 23.2 Å². The predicted molar refractivity (Wildman–Crippen MR) is 92.6 cm³/mol. The van der Waals surface area contributed by atoms with Crippen LogP contribution in [0.5, 0.6) is 0 Å². The summed E-state index contributed by atoms with van der Waals surface area (Å²) in [5.41, 5.74) is 1.15. The first-order valence-corrected chi connectivity index (χ1v) is 7.69. The Kier molecular flexibility index (Phi) is 4.42. The van der Waals surface area contributed by atoms with Crippen molar-refractivity contribution in [3.05, 3.63) is 73.9 Å². The molecule has 0 unspecified atom stereocenters. The van der Waals surface area contributed by atoms with Crippen LogP contribution in [-0.2, 0) is 6.54 Å². The van der Waals surface area contributed by atoms with Crippen LogP contribution in [0.3, 0.4) is 0 Å². The molecule has 0 aliphatic heterocycles. The molecular formula is C16H11Cl2N3O3. The molecule has 122 valence electrons. The number of aromatic amines is 1. The second-order valence-corrected chi connectivity index (χ2v) is 5.94. The molecular weight excluding hydrogens is 353 g/mol. The Morgan fingerprint density at radius 1 is 1.21 bits per heavy atom. The summed E-state index contributed by atoms with van der Waals surface area (Å²) < 4.78 is 0. The van der Waals surface area contributed by atoms with E-state index in [0.29, 0.717) is 26.5 Å². The molecule has 0 aliphatic carbocycles. The molecule has 0 saturated carbocycles. The monoisotopic (exact) mass is 363 g/mol. The van der Waals surface area contributed by atoms with Gasteiger partial charge in [0.2, 0.25) is 0 Å². The van der Waals surface area contributed by atoms with Crippen molar-refractivity contribution in [3.8, 4) is 0 Å². The normalized spacial score (nSPS) is 10.8. The Morgan fingerprint density at radius 2 is 2.00 bits per heavy atom. The van der Waals surface area contributed by atoms with Crippen molar-refractivity contribution in [2.45, 2.75) is 6.54 Å². The molecule has 3 aromatic rings. The fourth-order valence-electron chi connectivity index (χ4n) is 2.36. The van der Waals surface area contributed by atoms with E-state index in [1.165, 1.54) is 6.07 Å². The van der Waals surface area contributed by atoms with Crippen LogP contribution in [0, 0.1) is 10.1 Å². The number of H-pyrrole nitrogens is 1.